The number of hydrogen-bond donors (Lipinski definition) is 1. The second-order valence-corrected chi connectivity index (χ2v) is 5.16. The number of carboxylic acids is 1. The largest absolute Gasteiger partial charge is 0.481 e. The molecular weight excluding hydrogens is 264 g/mol. The fourth-order valence-electron chi connectivity index (χ4n) is 1.66. The molecule has 0 fully saturated rings. The van der Waals surface area contributed by atoms with Gasteiger partial charge in [-0.25, -0.2) is 14.6 Å². The van der Waals surface area contributed by atoms with Crippen molar-refractivity contribution < 1.29 is 9.90 Å². The van der Waals surface area contributed by atoms with E-state index in [1.54, 1.807) is 10.7 Å². The molecule has 2 rings (SSSR count). The number of rotatable bonds is 4. The van der Waals surface area contributed by atoms with E-state index >= 15 is 0 Å². The molecule has 6 nitrogen and oxygen atoms in total. The van der Waals surface area contributed by atoms with Crippen molar-refractivity contribution in [2.24, 2.45) is 0 Å². The minimum atomic E-state index is -0.867. The van der Waals surface area contributed by atoms with Gasteiger partial charge in [0.15, 0.2) is 0 Å². The lowest BCUT2D eigenvalue weighted by molar-refractivity contribution is -0.133. The van der Waals surface area contributed by atoms with Gasteiger partial charge in [-0.05, 0) is 32.9 Å². The van der Waals surface area contributed by atoms with Crippen LogP contribution < -0.4 is 0 Å². The fourth-order valence-corrected chi connectivity index (χ4v) is 2.33. The van der Waals surface area contributed by atoms with E-state index in [1.165, 1.54) is 11.8 Å². The second-order valence-electron chi connectivity index (χ2n) is 4.17. The van der Waals surface area contributed by atoms with Crippen LogP contribution in [0.25, 0.3) is 5.95 Å². The molecule has 0 aliphatic heterocycles. The monoisotopic (exact) mass is 278 g/mol. The summed E-state index contributed by atoms with van der Waals surface area (Å²) in [6.45, 7) is 5.68. The molecule has 0 aliphatic carbocycles. The molecule has 1 N–H and O–H groups in total. The SMILES string of the molecule is Cc1cc(SCC(=O)O)nc(-n2nc(C)cc2C)n1. The van der Waals surface area contributed by atoms with Crippen LogP contribution in [0.4, 0.5) is 0 Å². The molecule has 0 aromatic carbocycles. The Hall–Kier alpha value is -1.89. The third kappa shape index (κ3) is 3.31. The quantitative estimate of drug-likeness (QED) is 0.678. The van der Waals surface area contributed by atoms with E-state index < -0.39 is 5.97 Å². The van der Waals surface area contributed by atoms with Crippen molar-refractivity contribution in [3.63, 3.8) is 0 Å². The van der Waals surface area contributed by atoms with Crippen LogP contribution in [-0.2, 0) is 4.79 Å². The van der Waals surface area contributed by atoms with E-state index in [9.17, 15) is 4.79 Å². The lowest BCUT2D eigenvalue weighted by atomic mass is 10.4. The zero-order valence-electron chi connectivity index (χ0n) is 10.9. The highest BCUT2D eigenvalue weighted by atomic mass is 32.2. The van der Waals surface area contributed by atoms with Crippen LogP contribution in [-0.4, -0.2) is 36.6 Å². The van der Waals surface area contributed by atoms with Crippen molar-refractivity contribution in [1.82, 2.24) is 19.7 Å². The summed E-state index contributed by atoms with van der Waals surface area (Å²) in [6.07, 6.45) is 0. The molecule has 0 saturated heterocycles. The highest BCUT2D eigenvalue weighted by molar-refractivity contribution is 7.99. The number of nitrogens with zero attached hydrogens (tertiary/aromatic N) is 4. The van der Waals surface area contributed by atoms with E-state index in [-0.39, 0.29) is 5.75 Å². The zero-order valence-corrected chi connectivity index (χ0v) is 11.7. The van der Waals surface area contributed by atoms with Crippen molar-refractivity contribution in [2.75, 3.05) is 5.75 Å². The standard InChI is InChI=1S/C12H14N4O2S/c1-7-5-10(19-6-11(17)18)14-12(13-7)16-9(3)4-8(2)15-16/h4-5H,6H2,1-3H3,(H,17,18). The van der Waals surface area contributed by atoms with Gasteiger partial charge in [0, 0.05) is 11.4 Å². The summed E-state index contributed by atoms with van der Waals surface area (Å²) in [6, 6.07) is 3.71. The molecule has 2 aromatic rings. The van der Waals surface area contributed by atoms with Crippen molar-refractivity contribution in [3.8, 4) is 5.95 Å². The Bertz CT molecular complexity index is 624. The van der Waals surface area contributed by atoms with Gasteiger partial charge < -0.3 is 5.11 Å². The summed E-state index contributed by atoms with van der Waals surface area (Å²) >= 11 is 1.17. The van der Waals surface area contributed by atoms with Crippen LogP contribution in [0.1, 0.15) is 17.1 Å². The lowest BCUT2D eigenvalue weighted by Gasteiger charge is -2.06. The molecule has 0 unspecified atom stereocenters. The van der Waals surface area contributed by atoms with Gasteiger partial charge in [-0.1, -0.05) is 11.8 Å². The first-order valence-corrected chi connectivity index (χ1v) is 6.68. The topological polar surface area (TPSA) is 80.9 Å². The van der Waals surface area contributed by atoms with E-state index in [1.807, 2.05) is 26.8 Å². The number of aryl methyl sites for hydroxylation is 3. The van der Waals surface area contributed by atoms with Gasteiger partial charge in [-0.15, -0.1) is 0 Å². The summed E-state index contributed by atoms with van der Waals surface area (Å²) in [5.41, 5.74) is 2.62. The summed E-state index contributed by atoms with van der Waals surface area (Å²) in [5, 5.41) is 13.7. The van der Waals surface area contributed by atoms with Crippen molar-refractivity contribution in [2.45, 2.75) is 25.8 Å². The Morgan fingerprint density at radius 3 is 2.58 bits per heavy atom. The van der Waals surface area contributed by atoms with E-state index in [4.69, 9.17) is 5.11 Å². The summed E-state index contributed by atoms with van der Waals surface area (Å²) in [7, 11) is 0. The van der Waals surface area contributed by atoms with Gasteiger partial charge in [-0.2, -0.15) is 5.10 Å². The first kappa shape index (κ1) is 13.5. The first-order valence-electron chi connectivity index (χ1n) is 5.69. The number of carbonyl (C=O) groups is 1. The average molecular weight is 278 g/mol. The normalized spacial score (nSPS) is 10.7. The van der Waals surface area contributed by atoms with Gasteiger partial charge >= 0.3 is 5.97 Å². The van der Waals surface area contributed by atoms with Crippen LogP contribution in [0.5, 0.6) is 0 Å². The molecule has 7 heteroatoms. The molecule has 2 heterocycles. The Kier molecular flexibility index (Phi) is 3.84. The maximum absolute atomic E-state index is 10.6. The highest BCUT2D eigenvalue weighted by Crippen LogP contribution is 2.18. The van der Waals surface area contributed by atoms with E-state index in [0.29, 0.717) is 11.0 Å². The van der Waals surface area contributed by atoms with Gasteiger partial charge in [0.25, 0.3) is 5.95 Å². The highest BCUT2D eigenvalue weighted by Gasteiger charge is 2.10. The molecule has 19 heavy (non-hydrogen) atoms. The number of hydrogen-bond acceptors (Lipinski definition) is 5. The summed E-state index contributed by atoms with van der Waals surface area (Å²) in [4.78, 5) is 19.3. The van der Waals surface area contributed by atoms with E-state index in [0.717, 1.165) is 17.1 Å². The van der Waals surface area contributed by atoms with Crippen LogP contribution in [0, 0.1) is 20.8 Å². The molecule has 0 aliphatic rings. The molecule has 0 radical (unpaired) electrons. The molecule has 0 atom stereocenters. The first-order chi connectivity index (χ1) is 8.95. The average Bonchev–Trinajstić information content (AvgIpc) is 2.65. The predicted octanol–water partition coefficient (Wildman–Crippen LogP) is 1.76. The maximum atomic E-state index is 10.6. The minimum absolute atomic E-state index is 0.0208. The molecule has 0 bridgehead atoms. The molecule has 2 aromatic heterocycles. The Balaban J connectivity index is 2.36. The Morgan fingerprint density at radius 1 is 1.26 bits per heavy atom. The third-order valence-corrected chi connectivity index (χ3v) is 3.26. The summed E-state index contributed by atoms with van der Waals surface area (Å²) < 4.78 is 1.66. The molecule has 100 valence electrons. The van der Waals surface area contributed by atoms with Crippen molar-refractivity contribution in [3.05, 3.63) is 29.2 Å². The molecule has 0 spiro atoms. The second kappa shape index (κ2) is 5.40. The zero-order chi connectivity index (χ0) is 14.0. The summed E-state index contributed by atoms with van der Waals surface area (Å²) in [5.74, 6) is -0.417. The van der Waals surface area contributed by atoms with Gasteiger partial charge in [0.1, 0.15) is 5.03 Å². The van der Waals surface area contributed by atoms with Crippen LogP contribution in [0.3, 0.4) is 0 Å². The van der Waals surface area contributed by atoms with Crippen LogP contribution in [0.15, 0.2) is 17.2 Å². The third-order valence-electron chi connectivity index (χ3n) is 2.36. The van der Waals surface area contributed by atoms with Gasteiger partial charge in [0.2, 0.25) is 0 Å². The minimum Gasteiger partial charge on any atom is -0.481 e. The molecular formula is C12H14N4O2S. The molecule has 0 saturated carbocycles. The lowest BCUT2D eigenvalue weighted by Crippen LogP contribution is -2.07. The van der Waals surface area contributed by atoms with Crippen molar-refractivity contribution in [1.29, 1.82) is 0 Å². The smallest absolute Gasteiger partial charge is 0.313 e. The van der Waals surface area contributed by atoms with E-state index in [2.05, 4.69) is 15.1 Å². The number of aliphatic carboxylic acids is 1. The Labute approximate surface area is 114 Å². The van der Waals surface area contributed by atoms with Crippen LogP contribution in [0.2, 0.25) is 0 Å². The van der Waals surface area contributed by atoms with Gasteiger partial charge in [0.05, 0.1) is 11.4 Å². The maximum Gasteiger partial charge on any atom is 0.313 e. The number of thioether (sulfide) groups is 1. The Morgan fingerprint density at radius 2 is 2.00 bits per heavy atom. The molecule has 0 amide bonds. The fraction of sp³-hybridized carbons (Fsp3) is 0.333. The number of carboxylic acid groups (broad SMARTS) is 1. The van der Waals surface area contributed by atoms with Crippen LogP contribution >= 0.6 is 11.8 Å². The van der Waals surface area contributed by atoms with Crippen molar-refractivity contribution >= 4 is 17.7 Å². The predicted molar refractivity (Wildman–Crippen MR) is 71.7 cm³/mol. The number of aromatic nitrogens is 4. The van der Waals surface area contributed by atoms with Gasteiger partial charge in [-0.3, -0.25) is 4.79 Å².